The van der Waals surface area contributed by atoms with E-state index in [0.717, 1.165) is 59.2 Å². The van der Waals surface area contributed by atoms with Crippen LogP contribution >= 0.6 is 0 Å². The van der Waals surface area contributed by atoms with Gasteiger partial charge in [-0.2, -0.15) is 0 Å². The van der Waals surface area contributed by atoms with Crippen molar-refractivity contribution in [3.05, 3.63) is 95.2 Å². The van der Waals surface area contributed by atoms with Gasteiger partial charge in [-0.05, 0) is 60.6 Å². The zero-order valence-corrected chi connectivity index (χ0v) is 22.0. The Bertz CT molecular complexity index is 1500. The van der Waals surface area contributed by atoms with Gasteiger partial charge in [-0.3, -0.25) is 9.59 Å². The molecule has 6 nitrogen and oxygen atoms in total. The van der Waals surface area contributed by atoms with Crippen molar-refractivity contribution in [2.45, 2.75) is 38.0 Å². The lowest BCUT2D eigenvalue weighted by atomic mass is 9.74. The fourth-order valence-electron chi connectivity index (χ4n) is 6.29. The molecule has 2 aliphatic heterocycles. The highest BCUT2D eigenvalue weighted by Gasteiger charge is 2.47. The van der Waals surface area contributed by atoms with E-state index < -0.39 is 0 Å². The van der Waals surface area contributed by atoms with Gasteiger partial charge in [0.05, 0.1) is 12.7 Å². The molecule has 0 radical (unpaired) electrons. The number of para-hydroxylation sites is 1. The van der Waals surface area contributed by atoms with Gasteiger partial charge in [0.15, 0.2) is 0 Å². The summed E-state index contributed by atoms with van der Waals surface area (Å²) in [7, 11) is 1.72. The number of anilines is 1. The molecule has 1 fully saturated rings. The average Bonchev–Trinajstić information content (AvgIpc) is 3.51. The molecular weight excluding hydrogens is 474 g/mol. The third-order valence-electron chi connectivity index (χ3n) is 8.48. The van der Waals surface area contributed by atoms with Gasteiger partial charge in [0, 0.05) is 54.8 Å². The minimum Gasteiger partial charge on any atom is -0.496 e. The third kappa shape index (κ3) is 4.14. The highest BCUT2D eigenvalue weighted by molar-refractivity contribution is 6.15. The lowest BCUT2D eigenvalue weighted by molar-refractivity contribution is -0.130. The summed E-state index contributed by atoms with van der Waals surface area (Å²) in [5.74, 6) is 0.988. The first-order valence-corrected chi connectivity index (χ1v) is 13.4. The molecule has 0 bridgehead atoms. The van der Waals surface area contributed by atoms with Crippen molar-refractivity contribution in [3.8, 4) is 5.75 Å². The second-order valence-corrected chi connectivity index (χ2v) is 10.6. The Morgan fingerprint density at radius 1 is 0.974 bits per heavy atom. The van der Waals surface area contributed by atoms with Gasteiger partial charge in [0.1, 0.15) is 5.75 Å². The Balaban J connectivity index is 1.41. The number of methoxy groups -OCH3 is 1. The molecule has 1 spiro atoms. The van der Waals surface area contributed by atoms with Crippen LogP contribution in [0.1, 0.15) is 46.8 Å². The zero-order chi connectivity index (χ0) is 26.3. The summed E-state index contributed by atoms with van der Waals surface area (Å²) in [6.45, 7) is 3.64. The first-order valence-electron chi connectivity index (χ1n) is 13.4. The molecule has 6 heteroatoms. The molecular formula is C32H33N3O3. The Morgan fingerprint density at radius 3 is 2.45 bits per heavy atom. The topological polar surface area (TPSA) is 65.6 Å². The van der Waals surface area contributed by atoms with Gasteiger partial charge >= 0.3 is 0 Å². The van der Waals surface area contributed by atoms with Crippen LogP contribution in [0.15, 0.2) is 72.9 Å². The maximum Gasteiger partial charge on any atom is 0.260 e. The summed E-state index contributed by atoms with van der Waals surface area (Å²) in [4.78, 5) is 33.4. The normalized spacial score (nSPS) is 16.2. The number of benzene rings is 3. The Hall–Kier alpha value is -4.06. The minimum atomic E-state index is -0.200. The summed E-state index contributed by atoms with van der Waals surface area (Å²) < 4.78 is 5.91. The smallest absolute Gasteiger partial charge is 0.260 e. The third-order valence-corrected chi connectivity index (χ3v) is 8.48. The number of hydrogen-bond acceptors (Lipinski definition) is 3. The maximum absolute atomic E-state index is 14.1. The van der Waals surface area contributed by atoms with Crippen molar-refractivity contribution in [2.75, 3.05) is 31.6 Å². The predicted molar refractivity (Wildman–Crippen MR) is 150 cm³/mol. The number of fused-ring (bicyclic) bond motifs is 3. The van der Waals surface area contributed by atoms with Gasteiger partial charge in [-0.15, -0.1) is 0 Å². The first kappa shape index (κ1) is 24.3. The number of H-pyrrole nitrogens is 1. The van der Waals surface area contributed by atoms with Crippen molar-refractivity contribution in [1.82, 2.24) is 9.88 Å². The van der Waals surface area contributed by atoms with Crippen LogP contribution in [0.25, 0.3) is 10.9 Å². The van der Waals surface area contributed by atoms with Gasteiger partial charge < -0.3 is 19.5 Å². The standard InChI is InChI=1S/C32H33N3O3/c1-22(36)34-16-14-32(15-17-34)21-35(31(37)26-20-33-28-11-7-6-10-25(26)28)29-18-24(30(38-2)19-27(29)32)13-12-23-8-4-3-5-9-23/h3-11,18-20,33H,12-17,21H2,1-2H3. The van der Waals surface area contributed by atoms with Gasteiger partial charge in [-0.25, -0.2) is 0 Å². The number of aryl methyl sites for hydroxylation is 2. The number of aromatic nitrogens is 1. The number of likely N-dealkylation sites (tertiary alicyclic amines) is 1. The summed E-state index contributed by atoms with van der Waals surface area (Å²) >= 11 is 0. The minimum absolute atomic E-state index is 0.00810. The number of carbonyl (C=O) groups is 2. The largest absolute Gasteiger partial charge is 0.496 e. The van der Waals surface area contributed by atoms with Crippen LogP contribution in [0.2, 0.25) is 0 Å². The van der Waals surface area contributed by atoms with E-state index in [4.69, 9.17) is 4.74 Å². The molecule has 3 heterocycles. The highest BCUT2D eigenvalue weighted by atomic mass is 16.5. The SMILES string of the molecule is COc1cc2c(cc1CCc1ccccc1)N(C(=O)c1c[nH]c3ccccc13)CC21CCN(C(C)=O)CC1. The number of carbonyl (C=O) groups excluding carboxylic acids is 2. The molecule has 2 aliphatic rings. The van der Waals surface area contributed by atoms with Crippen LogP contribution < -0.4 is 9.64 Å². The second-order valence-electron chi connectivity index (χ2n) is 10.6. The average molecular weight is 508 g/mol. The summed E-state index contributed by atoms with van der Waals surface area (Å²) in [5, 5.41) is 0.934. The monoisotopic (exact) mass is 507 g/mol. The molecule has 1 N–H and O–H groups in total. The molecule has 3 aromatic carbocycles. The van der Waals surface area contributed by atoms with E-state index in [0.29, 0.717) is 25.2 Å². The molecule has 38 heavy (non-hydrogen) atoms. The Kier molecular flexibility index (Phi) is 6.18. The second kappa shape index (κ2) is 9.67. The van der Waals surface area contributed by atoms with E-state index in [1.165, 1.54) is 5.56 Å². The van der Waals surface area contributed by atoms with Crippen LogP contribution in [-0.4, -0.2) is 48.4 Å². The Morgan fingerprint density at radius 2 is 1.71 bits per heavy atom. The van der Waals surface area contributed by atoms with E-state index in [1.54, 1.807) is 14.0 Å². The molecule has 0 saturated carbocycles. The van der Waals surface area contributed by atoms with Gasteiger partial charge in [0.2, 0.25) is 5.91 Å². The van der Waals surface area contributed by atoms with E-state index >= 15 is 0 Å². The number of rotatable bonds is 5. The molecule has 1 aromatic heterocycles. The molecule has 1 saturated heterocycles. The molecule has 194 valence electrons. The van der Waals surface area contributed by atoms with E-state index in [1.807, 2.05) is 46.3 Å². The molecule has 6 rings (SSSR count). The van der Waals surface area contributed by atoms with Crippen molar-refractivity contribution in [2.24, 2.45) is 0 Å². The zero-order valence-electron chi connectivity index (χ0n) is 22.0. The number of piperidine rings is 1. The lowest BCUT2D eigenvalue weighted by Gasteiger charge is -2.39. The van der Waals surface area contributed by atoms with Crippen molar-refractivity contribution < 1.29 is 14.3 Å². The summed E-state index contributed by atoms with van der Waals surface area (Å²) in [5.41, 5.74) is 5.95. The molecule has 4 aromatic rings. The first-order chi connectivity index (χ1) is 18.5. The van der Waals surface area contributed by atoms with Crippen LogP contribution in [0.3, 0.4) is 0 Å². The van der Waals surface area contributed by atoms with Crippen LogP contribution in [-0.2, 0) is 23.1 Å². The maximum atomic E-state index is 14.1. The highest BCUT2D eigenvalue weighted by Crippen LogP contribution is 2.50. The number of hydrogen-bond donors (Lipinski definition) is 1. The van der Waals surface area contributed by atoms with E-state index in [2.05, 4.69) is 41.4 Å². The molecule has 0 unspecified atom stereocenters. The van der Waals surface area contributed by atoms with Crippen molar-refractivity contribution in [3.63, 3.8) is 0 Å². The van der Waals surface area contributed by atoms with Crippen LogP contribution in [0.5, 0.6) is 5.75 Å². The Labute approximate surface area is 223 Å². The molecule has 2 amide bonds. The summed E-state index contributed by atoms with van der Waals surface area (Å²) in [6.07, 6.45) is 5.19. The number of ether oxygens (including phenoxy) is 1. The lowest BCUT2D eigenvalue weighted by Crippen LogP contribution is -2.47. The molecule has 0 aliphatic carbocycles. The predicted octanol–water partition coefficient (Wildman–Crippen LogP) is 5.50. The fraction of sp³-hybridized carbons (Fsp3) is 0.312. The summed E-state index contributed by atoms with van der Waals surface area (Å²) in [6, 6.07) is 22.7. The number of nitrogens with one attached hydrogen (secondary N) is 1. The number of amides is 2. The number of nitrogens with zero attached hydrogens (tertiary/aromatic N) is 2. The van der Waals surface area contributed by atoms with Crippen molar-refractivity contribution in [1.29, 1.82) is 0 Å². The van der Waals surface area contributed by atoms with Gasteiger partial charge in [-0.1, -0.05) is 48.5 Å². The van der Waals surface area contributed by atoms with Gasteiger partial charge in [0.25, 0.3) is 5.91 Å². The molecule has 0 atom stereocenters. The van der Waals surface area contributed by atoms with E-state index in [-0.39, 0.29) is 17.2 Å². The van der Waals surface area contributed by atoms with Crippen LogP contribution in [0, 0.1) is 0 Å². The fourth-order valence-corrected chi connectivity index (χ4v) is 6.29. The van der Waals surface area contributed by atoms with Crippen LogP contribution in [0.4, 0.5) is 5.69 Å². The van der Waals surface area contributed by atoms with Crippen molar-refractivity contribution >= 4 is 28.4 Å². The van der Waals surface area contributed by atoms with E-state index in [9.17, 15) is 9.59 Å². The number of aromatic amines is 1. The quantitative estimate of drug-likeness (QED) is 0.388.